The normalized spacial score (nSPS) is 11.9. The molecule has 0 fully saturated rings. The van der Waals surface area contributed by atoms with Crippen molar-refractivity contribution in [3.63, 3.8) is 0 Å². The lowest BCUT2D eigenvalue weighted by Crippen LogP contribution is -2.03. The van der Waals surface area contributed by atoms with Crippen molar-refractivity contribution in [1.82, 2.24) is 18.7 Å². The standard InChI is InChI=1S/C37H24N4/c1-2-12-25(13-3-1)40-34-22-9-6-18-30(34)35-31-19-11-23-38-36(31)41(37(35)40)27-15-10-14-26(24-27)39-32-20-7-4-16-28(32)29-17-5-8-21-33(29)39/h1-24H. The van der Waals surface area contributed by atoms with Crippen molar-refractivity contribution in [2.24, 2.45) is 0 Å². The molecule has 0 N–H and O–H groups in total. The average molecular weight is 525 g/mol. The molecule has 41 heavy (non-hydrogen) atoms. The quantitative estimate of drug-likeness (QED) is 0.226. The molecule has 9 rings (SSSR count). The molecule has 0 bridgehead atoms. The van der Waals surface area contributed by atoms with Gasteiger partial charge in [0.25, 0.3) is 0 Å². The Kier molecular flexibility index (Phi) is 4.58. The second kappa shape index (κ2) is 8.44. The molecule has 0 unspecified atom stereocenters. The van der Waals surface area contributed by atoms with E-state index in [0.717, 1.165) is 33.7 Å². The minimum Gasteiger partial charge on any atom is -0.309 e. The van der Waals surface area contributed by atoms with Crippen molar-refractivity contribution in [3.8, 4) is 17.1 Å². The Labute approximate surface area is 235 Å². The van der Waals surface area contributed by atoms with Crippen molar-refractivity contribution < 1.29 is 0 Å². The zero-order valence-corrected chi connectivity index (χ0v) is 22.1. The van der Waals surface area contributed by atoms with E-state index in [1.165, 1.54) is 38.1 Å². The Balaban J connectivity index is 1.41. The molecule has 0 amide bonds. The van der Waals surface area contributed by atoms with Crippen LogP contribution in [0.2, 0.25) is 0 Å². The van der Waals surface area contributed by atoms with Crippen LogP contribution in [0.3, 0.4) is 0 Å². The fraction of sp³-hybridized carbons (Fsp3) is 0. The molecule has 5 aromatic carbocycles. The van der Waals surface area contributed by atoms with Gasteiger partial charge in [-0.25, -0.2) is 4.98 Å². The van der Waals surface area contributed by atoms with E-state index >= 15 is 0 Å². The highest BCUT2D eigenvalue weighted by molar-refractivity contribution is 6.21. The summed E-state index contributed by atoms with van der Waals surface area (Å²) in [4.78, 5) is 4.94. The van der Waals surface area contributed by atoms with Crippen LogP contribution in [0.15, 0.2) is 146 Å². The van der Waals surface area contributed by atoms with Gasteiger partial charge in [-0.1, -0.05) is 78.9 Å². The SMILES string of the molecule is c1ccc(-n2c3ccccc3c3c4cccnc4n(-c4cccc(-n5c6ccccc6c6ccccc65)c4)c32)cc1. The van der Waals surface area contributed by atoms with Gasteiger partial charge in [0.2, 0.25) is 0 Å². The molecule has 0 aliphatic carbocycles. The highest BCUT2D eigenvalue weighted by Crippen LogP contribution is 2.40. The number of pyridine rings is 1. The number of nitrogens with zero attached hydrogens (tertiary/aromatic N) is 4. The fourth-order valence-electron chi connectivity index (χ4n) is 6.63. The Bertz CT molecular complexity index is 2370. The average Bonchev–Trinajstić information content (AvgIpc) is 3.67. The highest BCUT2D eigenvalue weighted by atomic mass is 15.2. The van der Waals surface area contributed by atoms with E-state index in [2.05, 4.69) is 147 Å². The molecule has 0 saturated carbocycles. The lowest BCUT2D eigenvalue weighted by molar-refractivity contribution is 1.04. The molecule has 4 nitrogen and oxygen atoms in total. The zero-order chi connectivity index (χ0) is 26.9. The Hall–Kier alpha value is -5.61. The molecule has 0 saturated heterocycles. The van der Waals surface area contributed by atoms with Crippen molar-refractivity contribution in [1.29, 1.82) is 0 Å². The highest BCUT2D eigenvalue weighted by Gasteiger charge is 2.23. The molecule has 4 aromatic heterocycles. The molecular formula is C37H24N4. The monoisotopic (exact) mass is 524 g/mol. The number of hydrogen-bond acceptors (Lipinski definition) is 1. The van der Waals surface area contributed by atoms with Crippen LogP contribution in [0.4, 0.5) is 0 Å². The summed E-state index contributed by atoms with van der Waals surface area (Å²) in [6, 6.07) is 49.7. The van der Waals surface area contributed by atoms with Gasteiger partial charge in [-0.15, -0.1) is 0 Å². The third kappa shape index (κ3) is 3.07. The Morgan fingerprint density at radius 3 is 1.63 bits per heavy atom. The molecule has 0 spiro atoms. The van der Waals surface area contributed by atoms with Crippen LogP contribution in [0.1, 0.15) is 0 Å². The van der Waals surface area contributed by atoms with Gasteiger partial charge in [0, 0.05) is 44.5 Å². The van der Waals surface area contributed by atoms with Crippen molar-refractivity contribution in [2.45, 2.75) is 0 Å². The number of hydrogen-bond donors (Lipinski definition) is 0. The van der Waals surface area contributed by atoms with Crippen LogP contribution in [0.5, 0.6) is 0 Å². The van der Waals surface area contributed by atoms with E-state index in [0.29, 0.717) is 0 Å². The largest absolute Gasteiger partial charge is 0.309 e. The molecule has 0 aliphatic heterocycles. The number of para-hydroxylation sites is 4. The Morgan fingerprint density at radius 1 is 0.390 bits per heavy atom. The summed E-state index contributed by atoms with van der Waals surface area (Å²) in [6.07, 6.45) is 1.89. The van der Waals surface area contributed by atoms with Gasteiger partial charge in [0.15, 0.2) is 0 Å². The lowest BCUT2D eigenvalue weighted by Gasteiger charge is -2.14. The first-order valence-electron chi connectivity index (χ1n) is 13.9. The number of rotatable bonds is 3. The van der Waals surface area contributed by atoms with Gasteiger partial charge in [0.1, 0.15) is 11.3 Å². The molecule has 9 aromatic rings. The number of benzene rings is 5. The summed E-state index contributed by atoms with van der Waals surface area (Å²) < 4.78 is 7.08. The third-order valence-corrected chi connectivity index (χ3v) is 8.27. The van der Waals surface area contributed by atoms with Gasteiger partial charge < -0.3 is 4.57 Å². The van der Waals surface area contributed by atoms with Crippen LogP contribution in [0.25, 0.3) is 71.8 Å². The van der Waals surface area contributed by atoms with Gasteiger partial charge in [-0.3, -0.25) is 9.13 Å². The van der Waals surface area contributed by atoms with E-state index in [9.17, 15) is 0 Å². The summed E-state index contributed by atoms with van der Waals surface area (Å²) >= 11 is 0. The molecule has 0 radical (unpaired) electrons. The topological polar surface area (TPSA) is 27.7 Å². The van der Waals surface area contributed by atoms with E-state index in [4.69, 9.17) is 4.98 Å². The smallest absolute Gasteiger partial charge is 0.146 e. The summed E-state index contributed by atoms with van der Waals surface area (Å²) in [6.45, 7) is 0. The van der Waals surface area contributed by atoms with Gasteiger partial charge in [0.05, 0.1) is 22.2 Å². The lowest BCUT2D eigenvalue weighted by atomic mass is 10.1. The summed E-state index contributed by atoms with van der Waals surface area (Å²) in [5.74, 6) is 0. The van der Waals surface area contributed by atoms with Crippen LogP contribution >= 0.6 is 0 Å². The summed E-state index contributed by atoms with van der Waals surface area (Å²) in [5, 5.41) is 6.11. The second-order valence-electron chi connectivity index (χ2n) is 10.5. The van der Waals surface area contributed by atoms with Crippen LogP contribution in [0, 0.1) is 0 Å². The predicted molar refractivity (Wildman–Crippen MR) is 170 cm³/mol. The summed E-state index contributed by atoms with van der Waals surface area (Å²) in [7, 11) is 0. The van der Waals surface area contributed by atoms with E-state index in [1.54, 1.807) is 0 Å². The maximum atomic E-state index is 4.94. The molecule has 0 atom stereocenters. The first-order valence-corrected chi connectivity index (χ1v) is 13.9. The van der Waals surface area contributed by atoms with Crippen molar-refractivity contribution in [2.75, 3.05) is 0 Å². The molecule has 0 aliphatic rings. The van der Waals surface area contributed by atoms with Crippen molar-refractivity contribution >= 4 is 54.8 Å². The van der Waals surface area contributed by atoms with Gasteiger partial charge >= 0.3 is 0 Å². The van der Waals surface area contributed by atoms with E-state index in [1.807, 2.05) is 12.3 Å². The number of aromatic nitrogens is 4. The first kappa shape index (κ1) is 22.2. The maximum absolute atomic E-state index is 4.94. The van der Waals surface area contributed by atoms with Crippen LogP contribution < -0.4 is 0 Å². The second-order valence-corrected chi connectivity index (χ2v) is 10.5. The van der Waals surface area contributed by atoms with Gasteiger partial charge in [-0.05, 0) is 60.7 Å². The van der Waals surface area contributed by atoms with Crippen LogP contribution in [-0.2, 0) is 0 Å². The van der Waals surface area contributed by atoms with Crippen molar-refractivity contribution in [3.05, 3.63) is 146 Å². The molecular weight excluding hydrogens is 500 g/mol. The van der Waals surface area contributed by atoms with E-state index < -0.39 is 0 Å². The molecule has 4 heterocycles. The summed E-state index contributed by atoms with van der Waals surface area (Å²) in [5.41, 5.74) is 8.96. The minimum absolute atomic E-state index is 0.951. The van der Waals surface area contributed by atoms with E-state index in [-0.39, 0.29) is 0 Å². The number of fused-ring (bicyclic) bond motifs is 8. The molecule has 192 valence electrons. The minimum atomic E-state index is 0.951. The fourth-order valence-corrected chi connectivity index (χ4v) is 6.63. The van der Waals surface area contributed by atoms with Gasteiger partial charge in [-0.2, -0.15) is 0 Å². The zero-order valence-electron chi connectivity index (χ0n) is 22.1. The molecule has 4 heteroatoms. The maximum Gasteiger partial charge on any atom is 0.146 e. The third-order valence-electron chi connectivity index (χ3n) is 8.27. The predicted octanol–water partition coefficient (Wildman–Crippen LogP) is 9.22. The van der Waals surface area contributed by atoms with Crippen LogP contribution in [-0.4, -0.2) is 18.7 Å². The Morgan fingerprint density at radius 2 is 0.927 bits per heavy atom. The first-order chi connectivity index (χ1) is 20.4.